The number of phenols is 1. The van der Waals surface area contributed by atoms with Crippen molar-refractivity contribution in [1.29, 1.82) is 0 Å². The van der Waals surface area contributed by atoms with Crippen molar-refractivity contribution in [3.63, 3.8) is 0 Å². The maximum Gasteiger partial charge on any atom is 0.263 e. The van der Waals surface area contributed by atoms with E-state index in [9.17, 15) is 14.7 Å². The summed E-state index contributed by atoms with van der Waals surface area (Å²) in [6.07, 6.45) is 9.98. The van der Waals surface area contributed by atoms with Crippen LogP contribution in [0, 0.1) is 11.3 Å². The maximum atomic E-state index is 14.0. The molecule has 2 aliphatic rings. The first-order valence-electron chi connectivity index (χ1n) is 14.9. The molecule has 2 bridgehead atoms. The number of phenolic OH excluding ortho intramolecular Hbond substituents is 1. The number of para-hydroxylation sites is 1. The minimum absolute atomic E-state index is 0.0103. The molecule has 2 fully saturated rings. The summed E-state index contributed by atoms with van der Waals surface area (Å²) >= 11 is 0. The Bertz CT molecular complexity index is 1490. The van der Waals surface area contributed by atoms with Crippen LogP contribution in [-0.2, 0) is 22.4 Å². The van der Waals surface area contributed by atoms with Crippen LogP contribution in [0.25, 0.3) is 10.9 Å². The quantitative estimate of drug-likeness (QED) is 0.161. The lowest BCUT2D eigenvalue weighted by atomic mass is 9.61. The summed E-state index contributed by atoms with van der Waals surface area (Å²) in [7, 11) is 0. The van der Waals surface area contributed by atoms with Crippen LogP contribution in [0.1, 0.15) is 56.1 Å². The smallest absolute Gasteiger partial charge is 0.263 e. The highest BCUT2D eigenvalue weighted by Gasteiger charge is 2.45. The van der Waals surface area contributed by atoms with E-state index in [0.29, 0.717) is 31.3 Å². The van der Waals surface area contributed by atoms with Gasteiger partial charge < -0.3 is 26.0 Å². The molecule has 0 aliphatic heterocycles. The maximum absolute atomic E-state index is 14.0. The van der Waals surface area contributed by atoms with Crippen LogP contribution in [0.4, 0.5) is 5.95 Å². The van der Waals surface area contributed by atoms with Gasteiger partial charge in [0.25, 0.3) is 5.95 Å². The molecule has 0 unspecified atom stereocenters. The molecule has 2 aromatic heterocycles. The Morgan fingerprint density at radius 3 is 2.57 bits per heavy atom. The fourth-order valence-electron chi connectivity index (χ4n) is 6.89. The SMILES string of the molecule is O=C(N[C@H](CNc1nn[nH]n1)Cc1c[nH]c2ccccc12)[C@H](Cc1ccc(O)cc1)NC(=O)[C@]12CCC[C@@H](CCC1)C2. The predicted molar refractivity (Wildman–Crippen MR) is 159 cm³/mol. The normalized spacial score (nSPS) is 21.4. The number of fused-ring (bicyclic) bond motifs is 3. The second kappa shape index (κ2) is 12.2. The highest BCUT2D eigenvalue weighted by Crippen LogP contribution is 2.49. The summed E-state index contributed by atoms with van der Waals surface area (Å²) in [5, 5.41) is 34.4. The molecule has 4 aromatic rings. The van der Waals surface area contributed by atoms with Crippen molar-refractivity contribution in [2.75, 3.05) is 11.9 Å². The third-order valence-corrected chi connectivity index (χ3v) is 9.03. The number of carbonyl (C=O) groups is 2. The van der Waals surface area contributed by atoms with Gasteiger partial charge in [0.05, 0.1) is 6.04 Å². The Morgan fingerprint density at radius 2 is 1.81 bits per heavy atom. The van der Waals surface area contributed by atoms with Gasteiger partial charge in [-0.15, -0.1) is 5.10 Å². The first-order chi connectivity index (χ1) is 20.5. The minimum atomic E-state index is -0.769. The number of hydrogen-bond donors (Lipinski definition) is 6. The van der Waals surface area contributed by atoms with Gasteiger partial charge in [0.2, 0.25) is 11.8 Å². The number of H-pyrrole nitrogens is 2. The molecule has 42 heavy (non-hydrogen) atoms. The van der Waals surface area contributed by atoms with Crippen molar-refractivity contribution < 1.29 is 14.7 Å². The Morgan fingerprint density at radius 1 is 1.02 bits per heavy atom. The van der Waals surface area contributed by atoms with Gasteiger partial charge in [-0.1, -0.05) is 61.1 Å². The highest BCUT2D eigenvalue weighted by atomic mass is 16.3. The Balaban J connectivity index is 1.23. The number of aromatic amines is 2. The number of nitrogens with one attached hydrogen (secondary N) is 5. The lowest BCUT2D eigenvalue weighted by Crippen LogP contribution is -2.56. The third-order valence-electron chi connectivity index (χ3n) is 9.03. The van der Waals surface area contributed by atoms with Crippen molar-refractivity contribution >= 4 is 28.7 Å². The molecule has 0 spiro atoms. The van der Waals surface area contributed by atoms with E-state index in [4.69, 9.17) is 0 Å². The first-order valence-corrected chi connectivity index (χ1v) is 14.9. The van der Waals surface area contributed by atoms with E-state index >= 15 is 0 Å². The van der Waals surface area contributed by atoms with Crippen molar-refractivity contribution in [3.8, 4) is 5.75 Å². The van der Waals surface area contributed by atoms with E-state index in [2.05, 4.69) is 47.6 Å². The number of aromatic nitrogens is 5. The zero-order valence-electron chi connectivity index (χ0n) is 23.6. The van der Waals surface area contributed by atoms with E-state index in [1.54, 1.807) is 24.3 Å². The summed E-state index contributed by atoms with van der Waals surface area (Å²) in [5.74, 6) is 0.828. The van der Waals surface area contributed by atoms with Gasteiger partial charge in [-0.3, -0.25) is 9.59 Å². The number of nitrogens with zero attached hydrogens (tertiary/aromatic N) is 3. The topological polar surface area (TPSA) is 161 Å². The number of carbonyl (C=O) groups excluding carboxylic acids is 2. The van der Waals surface area contributed by atoms with Crippen molar-refractivity contribution in [1.82, 2.24) is 36.2 Å². The molecule has 0 saturated heterocycles. The number of hydrogen-bond acceptors (Lipinski definition) is 7. The van der Waals surface area contributed by atoms with E-state index < -0.39 is 11.5 Å². The lowest BCUT2D eigenvalue weighted by molar-refractivity contribution is -0.139. The standard InChI is InChI=1S/C31H38N8O3/c40-24-11-9-20(10-12-24)15-27(35-29(42)31-13-3-5-21(17-31)6-4-14-31)28(41)34-23(19-33-30-36-38-39-37-30)16-22-18-32-26-8-2-1-7-25(22)26/h1-2,7-12,18,21,23,27,32,40H,3-6,13-17,19H2,(H,34,41)(H,35,42)(H2,33,36,37,38,39)/t21-,23-,27-,31+/m0/s1. The summed E-state index contributed by atoms with van der Waals surface area (Å²) in [5.41, 5.74) is 2.56. The first kappa shape index (κ1) is 27.7. The van der Waals surface area contributed by atoms with Crippen LogP contribution in [-0.4, -0.2) is 61.2 Å². The Kier molecular flexibility index (Phi) is 8.07. The van der Waals surface area contributed by atoms with Crippen molar-refractivity contribution in [2.45, 2.75) is 69.9 Å². The van der Waals surface area contributed by atoms with Crippen LogP contribution >= 0.6 is 0 Å². The van der Waals surface area contributed by atoms with Crippen LogP contribution in [0.15, 0.2) is 54.7 Å². The molecule has 0 radical (unpaired) electrons. The number of tetrazole rings is 1. The van der Waals surface area contributed by atoms with Gasteiger partial charge in [0.1, 0.15) is 11.8 Å². The summed E-state index contributed by atoms with van der Waals surface area (Å²) in [6.45, 7) is 0.357. The van der Waals surface area contributed by atoms with Crippen molar-refractivity contribution in [2.24, 2.45) is 11.3 Å². The molecular weight excluding hydrogens is 532 g/mol. The number of rotatable bonds is 11. The molecule has 6 N–H and O–H groups in total. The van der Waals surface area contributed by atoms with Gasteiger partial charge in [-0.2, -0.15) is 5.21 Å². The van der Waals surface area contributed by atoms with Gasteiger partial charge in [0.15, 0.2) is 0 Å². The zero-order valence-corrected chi connectivity index (χ0v) is 23.6. The molecule has 2 heterocycles. The number of aromatic hydroxyl groups is 1. The average molecular weight is 571 g/mol. The summed E-state index contributed by atoms with van der Waals surface area (Å²) in [6, 6.07) is 13.7. The predicted octanol–water partition coefficient (Wildman–Crippen LogP) is 3.61. The molecular formula is C31H38N8O3. The fraction of sp³-hybridized carbons (Fsp3) is 0.452. The second-order valence-corrected chi connectivity index (χ2v) is 11.9. The molecule has 6 rings (SSSR count). The minimum Gasteiger partial charge on any atom is -0.508 e. The van der Waals surface area contributed by atoms with Gasteiger partial charge in [-0.25, -0.2) is 0 Å². The second-order valence-electron chi connectivity index (χ2n) is 11.9. The molecule has 2 amide bonds. The molecule has 2 saturated carbocycles. The monoisotopic (exact) mass is 570 g/mol. The van der Waals surface area contributed by atoms with Gasteiger partial charge in [0, 0.05) is 35.5 Å². The van der Waals surface area contributed by atoms with E-state index in [0.717, 1.165) is 54.1 Å². The Labute approximate surface area is 244 Å². The third kappa shape index (κ3) is 6.24. The molecule has 2 aliphatic carbocycles. The van der Waals surface area contributed by atoms with Crippen LogP contribution in [0.5, 0.6) is 5.75 Å². The fourth-order valence-corrected chi connectivity index (χ4v) is 6.89. The Hall–Kier alpha value is -4.41. The lowest BCUT2D eigenvalue weighted by Gasteiger charge is -2.44. The molecule has 220 valence electrons. The number of benzene rings is 2. The molecule has 2 aromatic carbocycles. The van der Waals surface area contributed by atoms with E-state index in [1.165, 1.54) is 12.8 Å². The van der Waals surface area contributed by atoms with E-state index in [-0.39, 0.29) is 23.6 Å². The highest BCUT2D eigenvalue weighted by molar-refractivity contribution is 5.91. The van der Waals surface area contributed by atoms with E-state index in [1.807, 2.05) is 24.4 Å². The zero-order chi connectivity index (χ0) is 28.9. The molecule has 11 heteroatoms. The summed E-state index contributed by atoms with van der Waals surface area (Å²) in [4.78, 5) is 31.2. The van der Waals surface area contributed by atoms with Crippen LogP contribution in [0.2, 0.25) is 0 Å². The van der Waals surface area contributed by atoms with Gasteiger partial charge in [-0.05, 0) is 66.1 Å². The van der Waals surface area contributed by atoms with Crippen LogP contribution in [0.3, 0.4) is 0 Å². The average Bonchev–Trinajstić information content (AvgIpc) is 3.67. The van der Waals surface area contributed by atoms with Crippen molar-refractivity contribution in [3.05, 3.63) is 65.9 Å². The number of amides is 2. The van der Waals surface area contributed by atoms with Crippen LogP contribution < -0.4 is 16.0 Å². The summed E-state index contributed by atoms with van der Waals surface area (Å²) < 4.78 is 0. The molecule has 2 atom stereocenters. The number of anilines is 1. The molecule has 11 nitrogen and oxygen atoms in total. The van der Waals surface area contributed by atoms with Gasteiger partial charge >= 0.3 is 0 Å². The largest absolute Gasteiger partial charge is 0.508 e.